The summed E-state index contributed by atoms with van der Waals surface area (Å²) < 4.78 is 0. The number of likely N-dealkylation sites (tertiary alicyclic amines) is 1. The summed E-state index contributed by atoms with van der Waals surface area (Å²) in [7, 11) is -1.81. The van der Waals surface area contributed by atoms with Crippen LogP contribution >= 0.6 is 0 Å². The molecule has 2 nitrogen and oxygen atoms in total. The first kappa shape index (κ1) is 17.2. The van der Waals surface area contributed by atoms with E-state index in [0.29, 0.717) is 6.23 Å². The lowest BCUT2D eigenvalue weighted by Crippen LogP contribution is -2.57. The molecule has 1 unspecified atom stereocenters. The predicted octanol–water partition coefficient (Wildman–Crippen LogP) is 3.69. The highest BCUT2D eigenvalue weighted by atomic mass is 28.3. The first-order valence-electron chi connectivity index (χ1n) is 9.74. The maximum absolute atomic E-state index is 10.6. The second kappa shape index (κ2) is 8.45. The van der Waals surface area contributed by atoms with Gasteiger partial charge in [-0.05, 0) is 44.1 Å². The molecule has 1 aliphatic carbocycles. The van der Waals surface area contributed by atoms with Gasteiger partial charge in [-0.25, -0.2) is 0 Å². The van der Waals surface area contributed by atoms with E-state index in [-0.39, 0.29) is 0 Å². The summed E-state index contributed by atoms with van der Waals surface area (Å²) in [6.45, 7) is 3.75. The van der Waals surface area contributed by atoms with E-state index in [9.17, 15) is 5.11 Å². The van der Waals surface area contributed by atoms with Crippen LogP contribution in [0, 0.1) is 0 Å². The lowest BCUT2D eigenvalue weighted by Gasteiger charge is -2.42. The van der Waals surface area contributed by atoms with Crippen LogP contribution in [-0.4, -0.2) is 43.9 Å². The predicted molar refractivity (Wildman–Crippen MR) is 101 cm³/mol. The van der Waals surface area contributed by atoms with E-state index in [4.69, 9.17) is 0 Å². The fourth-order valence-corrected chi connectivity index (χ4v) is 9.70. The molecule has 3 rings (SSSR count). The molecule has 2 fully saturated rings. The second-order valence-electron chi connectivity index (χ2n) is 7.67. The summed E-state index contributed by atoms with van der Waals surface area (Å²) in [5.74, 6) is 0. The van der Waals surface area contributed by atoms with Gasteiger partial charge in [-0.2, -0.15) is 0 Å². The first-order valence-corrected chi connectivity index (χ1v) is 12.2. The Morgan fingerprint density at radius 1 is 0.913 bits per heavy atom. The summed E-state index contributed by atoms with van der Waals surface area (Å²) in [6.07, 6.45) is 11.4. The molecule has 1 aromatic rings. The van der Waals surface area contributed by atoms with Crippen molar-refractivity contribution in [1.82, 2.24) is 4.90 Å². The third-order valence-electron chi connectivity index (χ3n) is 6.34. The summed E-state index contributed by atoms with van der Waals surface area (Å²) in [4.78, 5) is 2.66. The molecule has 3 heteroatoms. The molecule has 128 valence electrons. The van der Waals surface area contributed by atoms with Crippen molar-refractivity contribution in [3.05, 3.63) is 30.3 Å². The number of hydrogen-bond donors (Lipinski definition) is 1. The van der Waals surface area contributed by atoms with Crippen molar-refractivity contribution in [1.29, 1.82) is 0 Å². The van der Waals surface area contributed by atoms with Gasteiger partial charge in [0.25, 0.3) is 0 Å². The van der Waals surface area contributed by atoms with Gasteiger partial charge in [0.2, 0.25) is 0 Å². The molecule has 23 heavy (non-hydrogen) atoms. The summed E-state index contributed by atoms with van der Waals surface area (Å²) >= 11 is 0. The van der Waals surface area contributed by atoms with Gasteiger partial charge in [0.05, 0.1) is 0 Å². The Morgan fingerprint density at radius 2 is 1.57 bits per heavy atom. The lowest BCUT2D eigenvalue weighted by atomic mass is 10.0. The summed E-state index contributed by atoms with van der Waals surface area (Å²) in [5.41, 5.74) is 0.786. The zero-order valence-electron chi connectivity index (χ0n) is 14.6. The second-order valence-corrected chi connectivity index (χ2v) is 12.2. The number of nitrogens with zero attached hydrogens (tertiary/aromatic N) is 1. The highest BCUT2D eigenvalue weighted by Crippen LogP contribution is 2.38. The average molecular weight is 332 g/mol. The van der Waals surface area contributed by atoms with E-state index < -0.39 is 8.07 Å². The molecule has 2 aliphatic rings. The Hall–Kier alpha value is -0.643. The van der Waals surface area contributed by atoms with Crippen LogP contribution in [0.4, 0.5) is 0 Å². The van der Waals surface area contributed by atoms with Crippen molar-refractivity contribution in [2.24, 2.45) is 0 Å². The van der Waals surface area contributed by atoms with Crippen LogP contribution in [0.2, 0.25) is 11.6 Å². The number of aliphatic hydroxyl groups excluding tert-OH is 1. The molecule has 0 radical (unpaired) electrons. The molecule has 0 spiro atoms. The van der Waals surface area contributed by atoms with Gasteiger partial charge in [0.1, 0.15) is 8.07 Å². The molecule has 1 N–H and O–H groups in total. The van der Waals surface area contributed by atoms with Gasteiger partial charge in [0, 0.05) is 6.23 Å². The fraction of sp³-hybridized carbons (Fsp3) is 0.700. The van der Waals surface area contributed by atoms with E-state index >= 15 is 0 Å². The third kappa shape index (κ3) is 4.07. The standard InChI is InChI=1S/C20H33NOSi/c22-18-23(19-10-4-1-5-11-19,20-12-6-2-7-13-20)17-16-21-14-8-3-9-15-21/h1,4-5,10-11,20,22H,2-3,6-9,12-18H2. The van der Waals surface area contributed by atoms with Crippen LogP contribution in [0.1, 0.15) is 51.4 Å². The molecule has 0 amide bonds. The molecule has 1 aliphatic heterocycles. The Labute approximate surface area is 142 Å². The van der Waals surface area contributed by atoms with E-state index in [2.05, 4.69) is 35.2 Å². The number of rotatable bonds is 6. The van der Waals surface area contributed by atoms with Crippen LogP contribution in [0.25, 0.3) is 0 Å². The molecule has 1 aromatic carbocycles. The number of aliphatic hydroxyl groups is 1. The van der Waals surface area contributed by atoms with Crippen molar-refractivity contribution in [3.8, 4) is 0 Å². The van der Waals surface area contributed by atoms with Crippen molar-refractivity contribution in [3.63, 3.8) is 0 Å². The van der Waals surface area contributed by atoms with Gasteiger partial charge in [-0.1, -0.05) is 74.0 Å². The highest BCUT2D eigenvalue weighted by Gasteiger charge is 2.42. The fourth-order valence-electron chi connectivity index (χ4n) is 4.85. The van der Waals surface area contributed by atoms with Gasteiger partial charge >= 0.3 is 0 Å². The minimum Gasteiger partial charge on any atom is -0.399 e. The van der Waals surface area contributed by atoms with Crippen LogP contribution in [-0.2, 0) is 0 Å². The van der Waals surface area contributed by atoms with Crippen LogP contribution in [0.5, 0.6) is 0 Å². The summed E-state index contributed by atoms with van der Waals surface area (Å²) in [5, 5.41) is 12.1. The largest absolute Gasteiger partial charge is 0.399 e. The molecular weight excluding hydrogens is 298 g/mol. The Balaban J connectivity index is 1.79. The van der Waals surface area contributed by atoms with E-state index in [1.54, 1.807) is 0 Å². The molecule has 1 saturated heterocycles. The van der Waals surface area contributed by atoms with E-state index in [1.165, 1.54) is 82.2 Å². The molecule has 1 atom stereocenters. The molecule has 0 aromatic heterocycles. The maximum atomic E-state index is 10.6. The SMILES string of the molecule is OC[Si](CCN1CCCCC1)(c1ccccc1)C1CCCCC1. The normalized spacial score (nSPS) is 23.5. The van der Waals surface area contributed by atoms with E-state index in [0.717, 1.165) is 5.54 Å². The van der Waals surface area contributed by atoms with Crippen molar-refractivity contribution >= 4 is 13.3 Å². The number of piperidine rings is 1. The van der Waals surface area contributed by atoms with Crippen LogP contribution in [0.3, 0.4) is 0 Å². The van der Waals surface area contributed by atoms with Gasteiger partial charge < -0.3 is 10.0 Å². The van der Waals surface area contributed by atoms with Crippen LogP contribution < -0.4 is 5.19 Å². The molecular formula is C20H33NOSi. The quantitative estimate of drug-likeness (QED) is 0.804. The van der Waals surface area contributed by atoms with Crippen molar-refractivity contribution in [2.45, 2.75) is 63.0 Å². The molecule has 1 saturated carbocycles. The topological polar surface area (TPSA) is 23.5 Å². The zero-order valence-corrected chi connectivity index (χ0v) is 15.6. The molecule has 1 heterocycles. The smallest absolute Gasteiger partial charge is 0.119 e. The van der Waals surface area contributed by atoms with Gasteiger partial charge in [-0.3, -0.25) is 0 Å². The third-order valence-corrected chi connectivity index (χ3v) is 11.6. The van der Waals surface area contributed by atoms with Gasteiger partial charge in [0.15, 0.2) is 0 Å². The van der Waals surface area contributed by atoms with Crippen LogP contribution in [0.15, 0.2) is 30.3 Å². The average Bonchev–Trinajstić information content (AvgIpc) is 2.65. The minimum absolute atomic E-state index is 0.440. The van der Waals surface area contributed by atoms with Crippen molar-refractivity contribution < 1.29 is 5.11 Å². The Kier molecular flexibility index (Phi) is 6.32. The molecule has 0 bridgehead atoms. The minimum atomic E-state index is -1.81. The Morgan fingerprint density at radius 3 is 2.22 bits per heavy atom. The Bertz CT molecular complexity index is 454. The maximum Gasteiger partial charge on any atom is 0.119 e. The highest BCUT2D eigenvalue weighted by molar-refractivity contribution is 6.93. The summed E-state index contributed by atoms with van der Waals surface area (Å²) in [6, 6.07) is 12.3. The lowest BCUT2D eigenvalue weighted by molar-refractivity contribution is 0.237. The first-order chi connectivity index (χ1) is 11.3. The van der Waals surface area contributed by atoms with Crippen molar-refractivity contribution in [2.75, 3.05) is 25.9 Å². The van der Waals surface area contributed by atoms with E-state index in [1.807, 2.05) is 0 Å². The number of hydrogen-bond acceptors (Lipinski definition) is 2. The zero-order chi connectivity index (χ0) is 16.0. The monoisotopic (exact) mass is 331 g/mol. The van der Waals surface area contributed by atoms with Gasteiger partial charge in [-0.15, -0.1) is 0 Å². The number of benzene rings is 1.